The molecule has 0 radical (unpaired) electrons. The van der Waals surface area contributed by atoms with Crippen LogP contribution in [0.4, 0.5) is 8.78 Å². The van der Waals surface area contributed by atoms with Crippen molar-refractivity contribution >= 4 is 126 Å². The van der Waals surface area contributed by atoms with Gasteiger partial charge in [0.05, 0.1) is 44.1 Å². The molecule has 11 aromatic rings. The largest absolute Gasteiger partial charge is 0.479 e. The molecule has 0 amide bonds. The van der Waals surface area contributed by atoms with Crippen molar-refractivity contribution in [1.29, 1.82) is 0 Å². The third-order valence-corrected chi connectivity index (χ3v) is 18.3. The van der Waals surface area contributed by atoms with Gasteiger partial charge in [-0.2, -0.15) is 49.3 Å². The van der Waals surface area contributed by atoms with Crippen molar-refractivity contribution in [2.24, 2.45) is 0 Å². The topological polar surface area (TPSA) is 208 Å². The molecule has 560 valence electrons. The molecule has 105 heavy (non-hydrogen) atoms. The first-order chi connectivity index (χ1) is 47.8. The molecule has 0 saturated heterocycles. The number of aliphatic carboxylic acids is 1. The number of methoxy groups -OCH3 is 2. The van der Waals surface area contributed by atoms with Crippen LogP contribution in [0, 0.1) is 74.2 Å². The van der Waals surface area contributed by atoms with Crippen molar-refractivity contribution < 1.29 is 52.0 Å². The Labute approximate surface area is 648 Å². The number of aryl methyl sites for hydroxylation is 7. The molecule has 0 unspecified atom stereocenters. The van der Waals surface area contributed by atoms with E-state index in [0.29, 0.717) is 67.6 Å². The lowest BCUT2D eigenvalue weighted by Gasteiger charge is -2.29. The Kier molecular flexibility index (Phi) is 28.5. The summed E-state index contributed by atoms with van der Waals surface area (Å²) < 4.78 is 59.8. The SMILES string of the molecule is COC(=O)[C@@H](OC(C)(C)C)c1c(C)nc2[nH]c(C)c(C)c2c1-c1ccc(Cl)cc1.COC(=O)[C@@H](OC(C)(C)C)c1c(C)nc2c(c(C)c(C)n2Cc2ccc(F)nc2)c1-c1ccc(Cl)cc1.Cc1nc2c(c(C)c(C)n2Cc2ccc(F)nc2)c(-c2ccc(Cl)cc2)c1[C@H](OC(C)(C)C)C(=O)O.S.S.S. The highest BCUT2D eigenvalue weighted by molar-refractivity contribution is 7.59. The van der Waals surface area contributed by atoms with E-state index in [4.69, 9.17) is 73.4 Å². The van der Waals surface area contributed by atoms with Crippen LogP contribution in [0.5, 0.6) is 0 Å². The number of nitrogens with zero attached hydrogens (tertiary/aromatic N) is 7. The van der Waals surface area contributed by atoms with Gasteiger partial charge in [0, 0.05) is 111 Å². The molecule has 0 fully saturated rings. The van der Waals surface area contributed by atoms with Gasteiger partial charge in [-0.3, -0.25) is 0 Å². The Morgan fingerprint density at radius 3 is 1.09 bits per heavy atom. The number of pyridine rings is 5. The lowest BCUT2D eigenvalue weighted by molar-refractivity contribution is -0.164. The van der Waals surface area contributed by atoms with Crippen LogP contribution in [0.2, 0.25) is 15.1 Å². The summed E-state index contributed by atoms with van der Waals surface area (Å²) in [4.78, 5) is 64.0. The minimum Gasteiger partial charge on any atom is -0.479 e. The van der Waals surface area contributed by atoms with E-state index in [-0.39, 0.29) is 40.5 Å². The maximum Gasteiger partial charge on any atom is 0.339 e. The molecule has 8 heterocycles. The van der Waals surface area contributed by atoms with Gasteiger partial charge in [0.1, 0.15) is 16.9 Å². The molecule has 11 rings (SSSR count). The van der Waals surface area contributed by atoms with E-state index in [1.165, 1.54) is 38.7 Å². The molecule has 25 heteroatoms. The quantitative estimate of drug-likeness (QED) is 0.0682. The molecule has 0 aliphatic heterocycles. The van der Waals surface area contributed by atoms with Gasteiger partial charge >= 0.3 is 17.9 Å². The molecular formula is C80H93Cl3F2N8O9S3. The molecule has 0 aliphatic rings. The molecule has 0 spiro atoms. The summed E-state index contributed by atoms with van der Waals surface area (Å²) in [6, 6.07) is 28.5. The number of fused-ring (bicyclic) bond motifs is 3. The van der Waals surface area contributed by atoms with Gasteiger partial charge in [-0.25, -0.2) is 39.3 Å². The summed E-state index contributed by atoms with van der Waals surface area (Å²) in [7, 11) is 2.73. The minimum atomic E-state index is -1.23. The average molecular weight is 1550 g/mol. The lowest BCUT2D eigenvalue weighted by Crippen LogP contribution is -2.29. The summed E-state index contributed by atoms with van der Waals surface area (Å²) in [5, 5.41) is 14.8. The number of benzene rings is 3. The maximum atomic E-state index is 13.4. The fourth-order valence-corrected chi connectivity index (χ4v) is 13.0. The first-order valence-electron chi connectivity index (χ1n) is 33.2. The first-order valence-corrected chi connectivity index (χ1v) is 34.3. The van der Waals surface area contributed by atoms with Gasteiger partial charge in [-0.1, -0.05) is 83.3 Å². The highest BCUT2D eigenvalue weighted by Crippen LogP contribution is 2.46. The number of carbonyl (C=O) groups is 3. The Morgan fingerprint density at radius 1 is 0.467 bits per heavy atom. The van der Waals surface area contributed by atoms with Crippen molar-refractivity contribution in [3.05, 3.63) is 215 Å². The highest BCUT2D eigenvalue weighted by atomic mass is 35.5. The molecular weight excluding hydrogens is 1460 g/mol. The number of carboxylic acid groups (broad SMARTS) is 1. The number of halogens is 5. The Morgan fingerprint density at radius 2 is 0.781 bits per heavy atom. The van der Waals surface area contributed by atoms with E-state index in [9.17, 15) is 28.3 Å². The molecule has 3 atom stereocenters. The number of carboxylic acids is 1. The summed E-state index contributed by atoms with van der Waals surface area (Å²) >= 11 is 18.5. The van der Waals surface area contributed by atoms with Crippen LogP contribution in [-0.2, 0) is 51.2 Å². The summed E-state index contributed by atoms with van der Waals surface area (Å²) in [6.07, 6.45) is -0.0811. The van der Waals surface area contributed by atoms with E-state index in [1.54, 1.807) is 31.2 Å². The number of nitrogens with one attached hydrogen (secondary N) is 1. The normalized spacial score (nSPS) is 12.4. The standard InChI is InChI=1S/C29H31ClFN3O3.C28H29ClFN3O3.C23H27ClN2O3.3H2S/c1-16-18(3)34(15-19-8-13-22(31)32-14-19)27-23(16)25(20-9-11-21(30)12-10-20)24(17(2)33-27)26(28(35)36-7)37-29(4,5)6;1-15-17(3)33(14-18-7-12-21(30)31-13-18)26-22(15)24(19-8-10-20(29)11-9-19)23(16(2)32-26)25(27(34)35)36-28(4,5)6;1-12-13(2)25-21-17(12)19(15-8-10-16(24)11-9-15)18(14(3)26-21)20(22(27)28-7)29-23(4,5)6;;;/h8-14,26H,15H2,1-7H3;7-13,25H,14H2,1-6H3,(H,34,35);8-11,20H,1-7H3,(H,25,26);3*1H2/t26-;25-;20-;;;/m000.../s1. The molecule has 0 saturated carbocycles. The third-order valence-electron chi connectivity index (χ3n) is 17.6. The second-order valence-electron chi connectivity index (χ2n) is 28.3. The number of ether oxygens (including phenoxy) is 5. The molecule has 3 aromatic carbocycles. The predicted octanol–water partition coefficient (Wildman–Crippen LogP) is 19.9. The number of rotatable bonds is 16. The van der Waals surface area contributed by atoms with Gasteiger partial charge in [0.15, 0.2) is 18.3 Å². The number of aromatic amines is 1. The second kappa shape index (κ2) is 34.8. The predicted molar refractivity (Wildman–Crippen MR) is 430 cm³/mol. The zero-order valence-corrected chi connectivity index (χ0v) is 68.0. The van der Waals surface area contributed by atoms with Crippen molar-refractivity contribution in [3.8, 4) is 33.4 Å². The summed E-state index contributed by atoms with van der Waals surface area (Å²) in [6.45, 7) is 35.5. The number of H-pyrrole nitrogens is 1. The van der Waals surface area contributed by atoms with E-state index >= 15 is 0 Å². The van der Waals surface area contributed by atoms with Crippen LogP contribution in [0.1, 0.15) is 159 Å². The Balaban J connectivity index is 0.000000245. The maximum absolute atomic E-state index is 13.4. The number of carbonyl (C=O) groups excluding carboxylic acids is 2. The fourth-order valence-electron chi connectivity index (χ4n) is 12.6. The van der Waals surface area contributed by atoms with E-state index < -0.39 is 64.9 Å². The van der Waals surface area contributed by atoms with Gasteiger partial charge in [-0.05, 0) is 218 Å². The summed E-state index contributed by atoms with van der Waals surface area (Å²) in [5.74, 6) is -3.10. The van der Waals surface area contributed by atoms with Gasteiger partial charge < -0.3 is 42.9 Å². The third kappa shape index (κ3) is 19.5. The molecule has 2 N–H and O–H groups in total. The van der Waals surface area contributed by atoms with Gasteiger partial charge in [0.25, 0.3) is 0 Å². The zero-order valence-electron chi connectivity index (χ0n) is 62.8. The number of esters is 2. The lowest BCUT2D eigenvalue weighted by atomic mass is 9.91. The van der Waals surface area contributed by atoms with E-state index in [0.717, 1.165) is 106 Å². The zero-order chi connectivity index (χ0) is 74.9. The van der Waals surface area contributed by atoms with Crippen LogP contribution >= 0.6 is 75.3 Å². The van der Waals surface area contributed by atoms with Crippen LogP contribution in [0.25, 0.3) is 66.5 Å². The van der Waals surface area contributed by atoms with Crippen LogP contribution in [0.15, 0.2) is 109 Å². The number of hydrogen-bond donors (Lipinski definition) is 2. The number of aromatic nitrogens is 8. The number of hydrogen-bond acceptors (Lipinski definition) is 13. The second-order valence-corrected chi connectivity index (χ2v) is 29.6. The van der Waals surface area contributed by atoms with Crippen LogP contribution < -0.4 is 0 Å². The smallest absolute Gasteiger partial charge is 0.339 e. The van der Waals surface area contributed by atoms with Crippen LogP contribution in [0.3, 0.4) is 0 Å². The minimum absolute atomic E-state index is 0. The van der Waals surface area contributed by atoms with Crippen molar-refractivity contribution in [2.45, 2.75) is 173 Å². The Bertz CT molecular complexity index is 4960. The van der Waals surface area contributed by atoms with E-state index in [1.807, 2.05) is 178 Å². The van der Waals surface area contributed by atoms with Crippen molar-refractivity contribution in [2.75, 3.05) is 14.2 Å². The molecule has 0 bridgehead atoms. The molecule has 17 nitrogen and oxygen atoms in total. The van der Waals surface area contributed by atoms with Crippen molar-refractivity contribution in [1.82, 2.24) is 39.0 Å². The summed E-state index contributed by atoms with van der Waals surface area (Å²) in [5.41, 5.74) is 17.0. The molecule has 8 aromatic heterocycles. The highest BCUT2D eigenvalue weighted by Gasteiger charge is 2.38. The first kappa shape index (κ1) is 86.0. The monoisotopic (exact) mass is 1550 g/mol. The Hall–Kier alpha value is -7.90. The van der Waals surface area contributed by atoms with Gasteiger partial charge in [-0.15, -0.1) is 0 Å². The van der Waals surface area contributed by atoms with Crippen molar-refractivity contribution in [3.63, 3.8) is 0 Å². The van der Waals surface area contributed by atoms with E-state index in [2.05, 4.69) is 24.1 Å². The average Bonchev–Trinajstić information content (AvgIpc) is 1.64. The fraction of sp³-hybridized carbons (Fsp3) is 0.350. The van der Waals surface area contributed by atoms with Crippen LogP contribution in [-0.4, -0.2) is 93.1 Å². The molecule has 0 aliphatic carbocycles. The van der Waals surface area contributed by atoms with Gasteiger partial charge in [0.2, 0.25) is 11.9 Å².